The van der Waals surface area contributed by atoms with Crippen molar-refractivity contribution in [1.29, 1.82) is 0 Å². The molecule has 0 aliphatic heterocycles. The Morgan fingerprint density at radius 2 is 2.06 bits per heavy atom. The highest BCUT2D eigenvalue weighted by Crippen LogP contribution is 2.16. The van der Waals surface area contributed by atoms with E-state index in [0.29, 0.717) is 11.5 Å². The Balaban J connectivity index is 2.65. The minimum absolute atomic E-state index is 0.0664. The van der Waals surface area contributed by atoms with Crippen molar-refractivity contribution in [2.24, 2.45) is 5.92 Å². The predicted molar refractivity (Wildman–Crippen MR) is 73.8 cm³/mol. The second-order valence-electron chi connectivity index (χ2n) is 5.12. The molecule has 18 heavy (non-hydrogen) atoms. The molecular formula is C15H23NO2. The van der Waals surface area contributed by atoms with Crippen molar-refractivity contribution in [2.45, 2.75) is 46.6 Å². The van der Waals surface area contributed by atoms with Crippen LogP contribution in [0.15, 0.2) is 18.2 Å². The van der Waals surface area contributed by atoms with Gasteiger partial charge in [-0.25, -0.2) is 0 Å². The van der Waals surface area contributed by atoms with Gasteiger partial charge in [-0.2, -0.15) is 0 Å². The number of benzene rings is 1. The van der Waals surface area contributed by atoms with Gasteiger partial charge in [-0.1, -0.05) is 20.3 Å². The largest absolute Gasteiger partial charge is 0.508 e. The van der Waals surface area contributed by atoms with Gasteiger partial charge in [0, 0.05) is 11.6 Å². The Bertz CT molecular complexity index is 415. The molecule has 0 heterocycles. The molecule has 0 bridgehead atoms. The summed E-state index contributed by atoms with van der Waals surface area (Å²) in [4.78, 5) is 12.1. The zero-order chi connectivity index (χ0) is 13.7. The molecule has 100 valence electrons. The lowest BCUT2D eigenvalue weighted by Gasteiger charge is -2.18. The lowest BCUT2D eigenvalue weighted by Crippen LogP contribution is -2.34. The number of amides is 1. The third kappa shape index (κ3) is 4.06. The Hall–Kier alpha value is -1.51. The van der Waals surface area contributed by atoms with Gasteiger partial charge in [0.05, 0.1) is 0 Å². The quantitative estimate of drug-likeness (QED) is 0.841. The Morgan fingerprint density at radius 3 is 2.61 bits per heavy atom. The van der Waals surface area contributed by atoms with E-state index in [2.05, 4.69) is 19.2 Å². The molecule has 0 aromatic heterocycles. The number of phenols is 1. The molecule has 0 fully saturated rings. The van der Waals surface area contributed by atoms with Gasteiger partial charge in [0.2, 0.25) is 0 Å². The maximum atomic E-state index is 12.1. The summed E-state index contributed by atoms with van der Waals surface area (Å²) in [5.41, 5.74) is 1.42. The molecule has 0 aliphatic carbocycles. The van der Waals surface area contributed by atoms with Crippen LogP contribution in [0, 0.1) is 12.8 Å². The summed E-state index contributed by atoms with van der Waals surface area (Å²) >= 11 is 0. The third-order valence-corrected chi connectivity index (χ3v) is 3.28. The summed E-state index contributed by atoms with van der Waals surface area (Å²) in [6.07, 6.45) is 2.11. The standard InChI is InChI=1S/C15H23NO2/c1-5-10(2)8-12(4)16-15(18)14-7-6-13(17)9-11(14)3/h6-7,9-10,12,17H,5,8H2,1-4H3,(H,16,18). The molecule has 0 spiro atoms. The molecule has 2 unspecified atom stereocenters. The fourth-order valence-corrected chi connectivity index (χ4v) is 2.03. The summed E-state index contributed by atoms with van der Waals surface area (Å²) in [5.74, 6) is 0.737. The summed E-state index contributed by atoms with van der Waals surface area (Å²) in [5, 5.41) is 12.3. The van der Waals surface area contributed by atoms with Crippen LogP contribution in [0.25, 0.3) is 0 Å². The number of phenolic OH excluding ortho intramolecular Hbond substituents is 1. The molecule has 1 rings (SSSR count). The number of hydrogen-bond acceptors (Lipinski definition) is 2. The second-order valence-corrected chi connectivity index (χ2v) is 5.12. The van der Waals surface area contributed by atoms with E-state index in [1.807, 2.05) is 13.8 Å². The van der Waals surface area contributed by atoms with E-state index in [-0.39, 0.29) is 17.7 Å². The van der Waals surface area contributed by atoms with Crippen LogP contribution in [0.5, 0.6) is 5.75 Å². The van der Waals surface area contributed by atoms with Crippen molar-refractivity contribution in [3.05, 3.63) is 29.3 Å². The number of carbonyl (C=O) groups is 1. The average Bonchev–Trinajstić information content (AvgIpc) is 2.28. The first kappa shape index (κ1) is 14.6. The fraction of sp³-hybridized carbons (Fsp3) is 0.533. The van der Waals surface area contributed by atoms with Crippen LogP contribution in [-0.2, 0) is 0 Å². The lowest BCUT2D eigenvalue weighted by atomic mass is 10.00. The van der Waals surface area contributed by atoms with Crippen LogP contribution in [0.2, 0.25) is 0 Å². The minimum atomic E-state index is -0.0664. The van der Waals surface area contributed by atoms with E-state index < -0.39 is 0 Å². The first-order valence-electron chi connectivity index (χ1n) is 6.54. The van der Waals surface area contributed by atoms with Crippen molar-refractivity contribution in [3.63, 3.8) is 0 Å². The number of aryl methyl sites for hydroxylation is 1. The summed E-state index contributed by atoms with van der Waals surface area (Å²) in [7, 11) is 0. The zero-order valence-corrected chi connectivity index (χ0v) is 11.7. The van der Waals surface area contributed by atoms with E-state index in [9.17, 15) is 9.90 Å². The van der Waals surface area contributed by atoms with Crippen LogP contribution < -0.4 is 5.32 Å². The smallest absolute Gasteiger partial charge is 0.251 e. The van der Waals surface area contributed by atoms with Crippen LogP contribution in [0.3, 0.4) is 0 Å². The molecule has 0 saturated heterocycles. The van der Waals surface area contributed by atoms with Gasteiger partial charge < -0.3 is 10.4 Å². The molecule has 2 atom stereocenters. The molecule has 1 aromatic carbocycles. The maximum absolute atomic E-state index is 12.1. The first-order valence-corrected chi connectivity index (χ1v) is 6.54. The number of carbonyl (C=O) groups excluding carboxylic acids is 1. The normalized spacial score (nSPS) is 14.0. The predicted octanol–water partition coefficient (Wildman–Crippen LogP) is 3.26. The molecular weight excluding hydrogens is 226 g/mol. The van der Waals surface area contributed by atoms with Crippen LogP contribution in [-0.4, -0.2) is 17.1 Å². The van der Waals surface area contributed by atoms with Gasteiger partial charge in [0.15, 0.2) is 0 Å². The molecule has 0 aliphatic rings. The van der Waals surface area contributed by atoms with E-state index in [1.165, 1.54) is 0 Å². The van der Waals surface area contributed by atoms with Crippen LogP contribution in [0.1, 0.15) is 49.5 Å². The zero-order valence-electron chi connectivity index (χ0n) is 11.7. The van der Waals surface area contributed by atoms with Crippen molar-refractivity contribution in [1.82, 2.24) is 5.32 Å². The van der Waals surface area contributed by atoms with Crippen molar-refractivity contribution in [3.8, 4) is 5.75 Å². The number of rotatable bonds is 5. The topological polar surface area (TPSA) is 49.3 Å². The first-order chi connectivity index (χ1) is 8.43. The summed E-state index contributed by atoms with van der Waals surface area (Å²) in [6.45, 7) is 8.20. The highest BCUT2D eigenvalue weighted by molar-refractivity contribution is 5.95. The van der Waals surface area contributed by atoms with Crippen molar-refractivity contribution < 1.29 is 9.90 Å². The van der Waals surface area contributed by atoms with Gasteiger partial charge in [-0.3, -0.25) is 4.79 Å². The average molecular weight is 249 g/mol. The van der Waals surface area contributed by atoms with E-state index >= 15 is 0 Å². The molecule has 0 radical (unpaired) electrons. The summed E-state index contributed by atoms with van der Waals surface area (Å²) < 4.78 is 0. The second kappa shape index (κ2) is 6.43. The Morgan fingerprint density at radius 1 is 1.39 bits per heavy atom. The van der Waals surface area contributed by atoms with Gasteiger partial charge in [0.25, 0.3) is 5.91 Å². The van der Waals surface area contributed by atoms with Gasteiger partial charge in [-0.15, -0.1) is 0 Å². The number of aromatic hydroxyl groups is 1. The molecule has 2 N–H and O–H groups in total. The Kier molecular flexibility index (Phi) is 5.20. The van der Waals surface area contributed by atoms with Gasteiger partial charge >= 0.3 is 0 Å². The number of hydrogen-bond donors (Lipinski definition) is 2. The molecule has 3 nitrogen and oxygen atoms in total. The van der Waals surface area contributed by atoms with Crippen molar-refractivity contribution >= 4 is 5.91 Å². The maximum Gasteiger partial charge on any atom is 0.251 e. The van der Waals surface area contributed by atoms with E-state index in [0.717, 1.165) is 18.4 Å². The van der Waals surface area contributed by atoms with Gasteiger partial charge in [0.1, 0.15) is 5.75 Å². The van der Waals surface area contributed by atoms with Crippen LogP contribution >= 0.6 is 0 Å². The Labute approximate surface area is 109 Å². The van der Waals surface area contributed by atoms with Crippen molar-refractivity contribution in [2.75, 3.05) is 0 Å². The fourth-order valence-electron chi connectivity index (χ4n) is 2.03. The third-order valence-electron chi connectivity index (χ3n) is 3.28. The highest BCUT2D eigenvalue weighted by Gasteiger charge is 2.13. The minimum Gasteiger partial charge on any atom is -0.508 e. The molecule has 1 aromatic rings. The van der Waals surface area contributed by atoms with E-state index in [1.54, 1.807) is 18.2 Å². The highest BCUT2D eigenvalue weighted by atomic mass is 16.3. The number of nitrogens with one attached hydrogen (secondary N) is 1. The molecule has 3 heteroatoms. The molecule has 0 saturated carbocycles. The summed E-state index contributed by atoms with van der Waals surface area (Å²) in [6, 6.07) is 4.98. The van der Waals surface area contributed by atoms with Gasteiger partial charge in [-0.05, 0) is 49.9 Å². The SMILES string of the molecule is CCC(C)CC(C)NC(=O)c1ccc(O)cc1C. The van der Waals surface area contributed by atoms with E-state index in [4.69, 9.17) is 0 Å². The van der Waals surface area contributed by atoms with Crippen LogP contribution in [0.4, 0.5) is 0 Å². The monoisotopic (exact) mass is 249 g/mol. The lowest BCUT2D eigenvalue weighted by molar-refractivity contribution is 0.0935. The molecule has 1 amide bonds.